The Morgan fingerprint density at radius 3 is 2.37 bits per heavy atom. The molecule has 0 amide bonds. The lowest BCUT2D eigenvalue weighted by Crippen LogP contribution is -2.68. The molecule has 0 aromatic rings. The first-order valence-corrected chi connectivity index (χ1v) is 25.8. The summed E-state index contributed by atoms with van der Waals surface area (Å²) in [4.78, 5) is 15.7. The minimum atomic E-state index is -3.64. The number of thioether (sulfide) groups is 1. The first-order valence-electron chi connectivity index (χ1n) is 22.9. The molecule has 1 aliphatic heterocycles. The van der Waals surface area contributed by atoms with Gasteiger partial charge in [-0.05, 0) is 158 Å². The SMILES string of the molecule is C=C(C)[C@@H]1CC[C@]2(NCCN3CCSCC3)CC[C@]3(C)[C@H](CC[C@@H]4[C@@]5(C)CC=C(C6=CC(C(C)C)C(CCOS(C)(=O)=O)(C(=O)O)CC6)C(C)(C)[C@@H]5CC[C@]43C)[C@@H]12. The van der Waals surface area contributed by atoms with Crippen LogP contribution in [0, 0.1) is 68.5 Å². The van der Waals surface area contributed by atoms with Crippen molar-refractivity contribution in [1.82, 2.24) is 10.2 Å². The van der Waals surface area contributed by atoms with Gasteiger partial charge < -0.3 is 15.3 Å². The van der Waals surface area contributed by atoms with Gasteiger partial charge in [-0.25, -0.2) is 0 Å². The topological polar surface area (TPSA) is 95.9 Å². The monoisotopic (exact) mass is 827 g/mol. The second kappa shape index (κ2) is 15.6. The van der Waals surface area contributed by atoms with Gasteiger partial charge in [0, 0.05) is 43.2 Å². The largest absolute Gasteiger partial charge is 0.481 e. The van der Waals surface area contributed by atoms with E-state index >= 15 is 0 Å². The summed E-state index contributed by atoms with van der Waals surface area (Å²) in [6.07, 6.45) is 18.8. The molecule has 6 aliphatic carbocycles. The normalized spacial score (nSPS) is 43.3. The molecule has 1 saturated heterocycles. The van der Waals surface area contributed by atoms with Gasteiger partial charge in [-0.2, -0.15) is 20.2 Å². The van der Waals surface area contributed by atoms with Crippen molar-refractivity contribution in [3.05, 3.63) is 35.5 Å². The van der Waals surface area contributed by atoms with E-state index in [0.717, 1.165) is 25.1 Å². The third-order valence-electron chi connectivity index (χ3n) is 18.8. The van der Waals surface area contributed by atoms with Gasteiger partial charge in [-0.15, -0.1) is 0 Å². The van der Waals surface area contributed by atoms with Crippen molar-refractivity contribution in [2.24, 2.45) is 68.5 Å². The molecule has 0 bridgehead atoms. The van der Waals surface area contributed by atoms with Crippen LogP contribution in [-0.4, -0.2) is 80.5 Å². The van der Waals surface area contributed by atoms with E-state index in [0.29, 0.717) is 41.9 Å². The van der Waals surface area contributed by atoms with Gasteiger partial charge in [0.1, 0.15) is 0 Å². The van der Waals surface area contributed by atoms with Gasteiger partial charge in [-0.1, -0.05) is 72.8 Å². The smallest absolute Gasteiger partial charge is 0.310 e. The molecule has 2 unspecified atom stereocenters. The van der Waals surface area contributed by atoms with Gasteiger partial charge in [0.2, 0.25) is 0 Å². The molecular weight excluding hydrogens is 749 g/mol. The summed E-state index contributed by atoms with van der Waals surface area (Å²) in [6, 6.07) is 0. The molecule has 0 aromatic heterocycles. The van der Waals surface area contributed by atoms with Crippen molar-refractivity contribution in [3.8, 4) is 0 Å². The number of carbonyl (C=O) groups is 1. The van der Waals surface area contributed by atoms with Crippen LogP contribution in [0.15, 0.2) is 35.5 Å². The Hall–Kier alpha value is -1.13. The first-order chi connectivity index (χ1) is 26.7. The van der Waals surface area contributed by atoms with E-state index in [-0.39, 0.29) is 46.6 Å². The number of carboxylic acid groups (broad SMARTS) is 1. The maximum Gasteiger partial charge on any atom is 0.310 e. The average Bonchev–Trinajstić information content (AvgIpc) is 3.52. The Balaban J connectivity index is 1.15. The number of nitrogens with one attached hydrogen (secondary N) is 1. The Kier molecular flexibility index (Phi) is 12.1. The zero-order valence-corrected chi connectivity index (χ0v) is 38.8. The number of fused-ring (bicyclic) bond motifs is 7. The lowest BCUT2D eigenvalue weighted by atomic mass is 9.33. The lowest BCUT2D eigenvalue weighted by molar-refractivity contribution is -0.221. The van der Waals surface area contributed by atoms with E-state index in [1.807, 2.05) is 0 Å². The van der Waals surface area contributed by atoms with Crippen LogP contribution in [0.2, 0.25) is 0 Å². The second-order valence-corrected chi connectivity index (χ2v) is 24.8. The molecule has 2 N–H and O–H groups in total. The Bertz CT molecular complexity index is 1730. The summed E-state index contributed by atoms with van der Waals surface area (Å²) < 4.78 is 28.7. The van der Waals surface area contributed by atoms with E-state index < -0.39 is 21.5 Å². The van der Waals surface area contributed by atoms with E-state index in [2.05, 4.69) is 96.1 Å². The van der Waals surface area contributed by atoms with E-state index in [1.54, 1.807) is 0 Å². The Morgan fingerprint density at radius 1 is 1.00 bits per heavy atom. The minimum absolute atomic E-state index is 0.0305. The number of allylic oxidation sites excluding steroid dienone is 5. The maximum atomic E-state index is 13.1. The van der Waals surface area contributed by atoms with Crippen LogP contribution in [0.1, 0.15) is 132 Å². The highest BCUT2D eigenvalue weighted by Gasteiger charge is 2.70. The standard InChI is InChI=1S/C48H78N2O5S2/c1-32(2)35-14-20-48(49-24-25-50-26-29-56-30-27-50)22-21-45(8)37(41(35)48)11-12-40-44(7)17-15-36(43(5,6)39(44)16-18-46(40,45)9)34-13-19-47(42(51)52,38(31-34)33(3)4)23-28-55-57(10,53)54/h15,31,33,35,37-41,49H,1,11-14,16-30H2,2-10H3,(H,51,52)/t35-,37+,38?,39-,40+,41+,44-,45+,46+,47?,48-/m0/s1. The highest BCUT2D eigenvalue weighted by atomic mass is 32.2. The predicted molar refractivity (Wildman–Crippen MR) is 236 cm³/mol. The zero-order valence-electron chi connectivity index (χ0n) is 37.2. The van der Waals surface area contributed by atoms with Crippen molar-refractivity contribution in [2.45, 2.75) is 138 Å². The summed E-state index contributed by atoms with van der Waals surface area (Å²) in [7, 11) is -3.64. The number of hydrogen-bond donors (Lipinski definition) is 2. The van der Waals surface area contributed by atoms with Crippen LogP contribution < -0.4 is 5.32 Å². The van der Waals surface area contributed by atoms with Gasteiger partial charge in [-0.3, -0.25) is 8.98 Å². The minimum Gasteiger partial charge on any atom is -0.481 e. The van der Waals surface area contributed by atoms with Crippen LogP contribution in [0.25, 0.3) is 0 Å². The summed E-state index contributed by atoms with van der Waals surface area (Å²) >= 11 is 2.10. The highest BCUT2D eigenvalue weighted by Crippen LogP contribution is 2.76. The summed E-state index contributed by atoms with van der Waals surface area (Å²) in [5.74, 6) is 4.84. The summed E-state index contributed by atoms with van der Waals surface area (Å²) in [5.41, 5.74) is 4.14. The van der Waals surface area contributed by atoms with Crippen LogP contribution in [0.4, 0.5) is 0 Å². The van der Waals surface area contributed by atoms with Gasteiger partial charge in [0.05, 0.1) is 18.3 Å². The predicted octanol–water partition coefficient (Wildman–Crippen LogP) is 10.0. The van der Waals surface area contributed by atoms with E-state index in [1.165, 1.54) is 99.2 Å². The average molecular weight is 827 g/mol. The maximum absolute atomic E-state index is 13.1. The molecule has 0 radical (unpaired) electrons. The molecule has 7 nitrogen and oxygen atoms in total. The van der Waals surface area contributed by atoms with Crippen molar-refractivity contribution in [2.75, 3.05) is 50.5 Å². The van der Waals surface area contributed by atoms with Crippen LogP contribution in [0.3, 0.4) is 0 Å². The summed E-state index contributed by atoms with van der Waals surface area (Å²) in [5, 5.41) is 15.0. The zero-order chi connectivity index (χ0) is 41.4. The van der Waals surface area contributed by atoms with Crippen molar-refractivity contribution in [1.29, 1.82) is 0 Å². The van der Waals surface area contributed by atoms with Crippen molar-refractivity contribution < 1.29 is 22.5 Å². The number of rotatable bonds is 12. The number of carboxylic acids is 1. The third-order valence-corrected chi connectivity index (χ3v) is 20.4. The van der Waals surface area contributed by atoms with E-state index in [9.17, 15) is 18.3 Å². The van der Waals surface area contributed by atoms with Crippen LogP contribution in [0.5, 0.6) is 0 Å². The molecule has 0 spiro atoms. The molecule has 9 heteroatoms. The molecule has 7 aliphatic rings. The molecule has 322 valence electrons. The molecule has 11 atom stereocenters. The molecule has 5 fully saturated rings. The van der Waals surface area contributed by atoms with Gasteiger partial charge in [0.15, 0.2) is 0 Å². The quantitative estimate of drug-likeness (QED) is 0.148. The molecule has 1 heterocycles. The lowest BCUT2D eigenvalue weighted by Gasteiger charge is -2.72. The molecule has 0 aromatic carbocycles. The fourth-order valence-electron chi connectivity index (χ4n) is 16.0. The number of hydrogen-bond acceptors (Lipinski definition) is 7. The molecule has 4 saturated carbocycles. The molecule has 57 heavy (non-hydrogen) atoms. The second-order valence-electron chi connectivity index (χ2n) is 22.0. The van der Waals surface area contributed by atoms with Crippen molar-refractivity contribution in [3.63, 3.8) is 0 Å². The number of nitrogens with zero attached hydrogens (tertiary/aromatic N) is 1. The third kappa shape index (κ3) is 7.31. The van der Waals surface area contributed by atoms with Crippen LogP contribution >= 0.6 is 11.8 Å². The van der Waals surface area contributed by atoms with Crippen LogP contribution in [-0.2, 0) is 19.1 Å². The van der Waals surface area contributed by atoms with Crippen molar-refractivity contribution >= 4 is 27.8 Å². The van der Waals surface area contributed by atoms with Gasteiger partial charge in [0.25, 0.3) is 10.1 Å². The summed E-state index contributed by atoms with van der Waals surface area (Å²) in [6.45, 7) is 29.0. The first kappa shape index (κ1) is 43.9. The Labute approximate surface area is 351 Å². The fraction of sp³-hybridized carbons (Fsp3) is 0.854. The van der Waals surface area contributed by atoms with E-state index in [4.69, 9.17) is 4.18 Å². The molecular formula is C48H78N2O5S2. The van der Waals surface area contributed by atoms with Gasteiger partial charge >= 0.3 is 5.97 Å². The molecule has 7 rings (SSSR count). The Morgan fingerprint density at radius 2 is 1.72 bits per heavy atom. The number of aliphatic carboxylic acids is 1. The highest BCUT2D eigenvalue weighted by molar-refractivity contribution is 7.99. The fourth-order valence-corrected chi connectivity index (χ4v) is 17.3.